The monoisotopic (exact) mass is 254 g/mol. The van der Waals surface area contributed by atoms with E-state index in [2.05, 4.69) is 30.8 Å². The van der Waals surface area contributed by atoms with E-state index in [9.17, 15) is 5.11 Å². The zero-order valence-corrected chi connectivity index (χ0v) is 12.3. The van der Waals surface area contributed by atoms with Crippen LogP contribution in [0.3, 0.4) is 0 Å². The van der Waals surface area contributed by atoms with Gasteiger partial charge in [0.15, 0.2) is 0 Å². The highest BCUT2D eigenvalue weighted by Gasteiger charge is 2.29. The molecule has 4 unspecified atom stereocenters. The van der Waals surface area contributed by atoms with Crippen molar-refractivity contribution in [3.05, 3.63) is 0 Å². The summed E-state index contributed by atoms with van der Waals surface area (Å²) in [5.41, 5.74) is 0. The number of hydrogen-bond donors (Lipinski definition) is 1. The summed E-state index contributed by atoms with van der Waals surface area (Å²) in [4.78, 5) is 4.93. The summed E-state index contributed by atoms with van der Waals surface area (Å²) >= 11 is 0. The molecule has 1 aliphatic heterocycles. The average Bonchev–Trinajstić information content (AvgIpc) is 2.70. The van der Waals surface area contributed by atoms with Crippen molar-refractivity contribution in [3.63, 3.8) is 0 Å². The Morgan fingerprint density at radius 2 is 2.00 bits per heavy atom. The van der Waals surface area contributed by atoms with Gasteiger partial charge in [-0.2, -0.15) is 0 Å². The van der Waals surface area contributed by atoms with Crippen molar-refractivity contribution in [3.8, 4) is 0 Å². The van der Waals surface area contributed by atoms with E-state index in [0.717, 1.165) is 31.5 Å². The van der Waals surface area contributed by atoms with Gasteiger partial charge < -0.3 is 14.9 Å². The molecule has 1 N–H and O–H groups in total. The second-order valence-corrected chi connectivity index (χ2v) is 6.74. The predicted molar refractivity (Wildman–Crippen MR) is 75.7 cm³/mol. The van der Waals surface area contributed by atoms with Gasteiger partial charge in [0.25, 0.3) is 0 Å². The van der Waals surface area contributed by atoms with E-state index in [1.807, 2.05) is 0 Å². The normalized spacial score (nSPS) is 38.5. The van der Waals surface area contributed by atoms with Crippen LogP contribution in [0.5, 0.6) is 0 Å². The van der Waals surface area contributed by atoms with Gasteiger partial charge in [-0.3, -0.25) is 0 Å². The number of likely N-dealkylation sites (tertiary alicyclic amines) is 1. The van der Waals surface area contributed by atoms with Crippen LogP contribution in [-0.2, 0) is 0 Å². The molecule has 18 heavy (non-hydrogen) atoms. The van der Waals surface area contributed by atoms with Gasteiger partial charge in [-0.25, -0.2) is 0 Å². The van der Waals surface area contributed by atoms with Gasteiger partial charge >= 0.3 is 0 Å². The lowest BCUT2D eigenvalue weighted by Crippen LogP contribution is -2.42. The Hall–Kier alpha value is -0.120. The smallest absolute Gasteiger partial charge is 0.0580 e. The Morgan fingerprint density at radius 3 is 2.67 bits per heavy atom. The fourth-order valence-corrected chi connectivity index (χ4v) is 3.72. The van der Waals surface area contributed by atoms with E-state index in [1.165, 1.54) is 32.2 Å². The molecule has 0 aromatic heterocycles. The number of aliphatic hydroxyl groups is 1. The molecule has 1 saturated heterocycles. The van der Waals surface area contributed by atoms with Crippen LogP contribution in [0.4, 0.5) is 0 Å². The van der Waals surface area contributed by atoms with E-state index in [0.29, 0.717) is 5.92 Å². The molecular weight excluding hydrogens is 224 g/mol. The second-order valence-electron chi connectivity index (χ2n) is 6.74. The van der Waals surface area contributed by atoms with E-state index < -0.39 is 0 Å². The van der Waals surface area contributed by atoms with Gasteiger partial charge in [0.05, 0.1) is 6.10 Å². The minimum absolute atomic E-state index is 0.0649. The molecule has 0 amide bonds. The number of likely N-dealkylation sites (N-methyl/N-ethyl adjacent to an activating group) is 2. The summed E-state index contributed by atoms with van der Waals surface area (Å²) in [7, 11) is 4.46. The van der Waals surface area contributed by atoms with Gasteiger partial charge in [-0.05, 0) is 64.6 Å². The lowest BCUT2D eigenvalue weighted by atomic mass is 9.80. The third-order valence-electron chi connectivity index (χ3n) is 4.94. The minimum atomic E-state index is -0.0649. The molecule has 0 aromatic rings. The molecule has 3 heteroatoms. The highest BCUT2D eigenvalue weighted by Crippen LogP contribution is 2.29. The molecule has 106 valence electrons. The van der Waals surface area contributed by atoms with Crippen LogP contribution in [0.1, 0.15) is 39.0 Å². The zero-order chi connectivity index (χ0) is 13.1. The fraction of sp³-hybridized carbons (Fsp3) is 1.00. The van der Waals surface area contributed by atoms with Crippen LogP contribution in [0, 0.1) is 11.8 Å². The van der Waals surface area contributed by atoms with Gasteiger partial charge in [0, 0.05) is 19.1 Å². The van der Waals surface area contributed by atoms with Crippen LogP contribution in [0.15, 0.2) is 0 Å². The van der Waals surface area contributed by atoms with E-state index >= 15 is 0 Å². The molecule has 0 radical (unpaired) electrons. The summed E-state index contributed by atoms with van der Waals surface area (Å²) < 4.78 is 0. The molecule has 1 aliphatic carbocycles. The number of rotatable bonds is 4. The summed E-state index contributed by atoms with van der Waals surface area (Å²) in [6.07, 6.45) is 6.02. The van der Waals surface area contributed by atoms with Crippen LogP contribution >= 0.6 is 0 Å². The van der Waals surface area contributed by atoms with Gasteiger partial charge in [-0.15, -0.1) is 0 Å². The second kappa shape index (κ2) is 6.36. The van der Waals surface area contributed by atoms with Crippen LogP contribution < -0.4 is 0 Å². The van der Waals surface area contributed by atoms with Crippen molar-refractivity contribution in [2.24, 2.45) is 11.8 Å². The van der Waals surface area contributed by atoms with Crippen molar-refractivity contribution >= 4 is 0 Å². The molecule has 4 atom stereocenters. The summed E-state index contributed by atoms with van der Waals surface area (Å²) in [5.74, 6) is 1.28. The van der Waals surface area contributed by atoms with E-state index in [-0.39, 0.29) is 6.10 Å². The quantitative estimate of drug-likeness (QED) is 0.829. The van der Waals surface area contributed by atoms with Gasteiger partial charge in [0.1, 0.15) is 0 Å². The Morgan fingerprint density at radius 1 is 1.22 bits per heavy atom. The first-order chi connectivity index (χ1) is 8.56. The third-order valence-corrected chi connectivity index (χ3v) is 4.94. The van der Waals surface area contributed by atoms with E-state index in [4.69, 9.17) is 0 Å². The van der Waals surface area contributed by atoms with Crippen molar-refractivity contribution in [1.29, 1.82) is 0 Å². The topological polar surface area (TPSA) is 26.7 Å². The average molecular weight is 254 g/mol. The molecule has 0 spiro atoms. The molecule has 1 heterocycles. The molecule has 0 bridgehead atoms. The lowest BCUT2D eigenvalue weighted by Gasteiger charge is -2.35. The Bertz CT molecular complexity index is 259. The maximum atomic E-state index is 10.1. The molecule has 0 aromatic carbocycles. The largest absolute Gasteiger partial charge is 0.393 e. The zero-order valence-electron chi connectivity index (χ0n) is 12.3. The van der Waals surface area contributed by atoms with Gasteiger partial charge in [0.2, 0.25) is 0 Å². The van der Waals surface area contributed by atoms with Crippen LogP contribution in [-0.4, -0.2) is 60.8 Å². The molecule has 1 saturated carbocycles. The van der Waals surface area contributed by atoms with Crippen LogP contribution in [0.2, 0.25) is 0 Å². The standard InChI is InChI=1S/C15H30N2O/c1-12-6-7-15(18)13(9-12)10-16(2)11-14-5-4-8-17(14)3/h12-15,18H,4-11H2,1-3H3. The maximum Gasteiger partial charge on any atom is 0.0580 e. The summed E-state index contributed by atoms with van der Waals surface area (Å²) in [6.45, 7) is 5.80. The summed E-state index contributed by atoms with van der Waals surface area (Å²) in [5, 5.41) is 10.1. The molecular formula is C15H30N2O. The van der Waals surface area contributed by atoms with Crippen LogP contribution in [0.25, 0.3) is 0 Å². The maximum absolute atomic E-state index is 10.1. The first-order valence-electron chi connectivity index (χ1n) is 7.63. The van der Waals surface area contributed by atoms with E-state index in [1.54, 1.807) is 0 Å². The Balaban J connectivity index is 1.77. The first kappa shape index (κ1) is 14.3. The molecule has 3 nitrogen and oxygen atoms in total. The van der Waals surface area contributed by atoms with Crippen molar-refractivity contribution < 1.29 is 5.11 Å². The Labute approximate surface area is 112 Å². The fourth-order valence-electron chi connectivity index (χ4n) is 3.72. The lowest BCUT2D eigenvalue weighted by molar-refractivity contribution is 0.0319. The summed E-state index contributed by atoms with van der Waals surface area (Å²) in [6, 6.07) is 0.730. The van der Waals surface area contributed by atoms with Crippen molar-refractivity contribution in [2.45, 2.75) is 51.2 Å². The first-order valence-corrected chi connectivity index (χ1v) is 7.63. The number of hydrogen-bond acceptors (Lipinski definition) is 3. The van der Waals surface area contributed by atoms with Crippen molar-refractivity contribution in [1.82, 2.24) is 9.80 Å². The molecule has 2 fully saturated rings. The van der Waals surface area contributed by atoms with Gasteiger partial charge in [-0.1, -0.05) is 6.92 Å². The van der Waals surface area contributed by atoms with Crippen molar-refractivity contribution in [2.75, 3.05) is 33.7 Å². The highest BCUT2D eigenvalue weighted by atomic mass is 16.3. The molecule has 2 rings (SSSR count). The Kier molecular flexibility index (Phi) is 5.05. The number of aliphatic hydroxyl groups excluding tert-OH is 1. The SMILES string of the molecule is CC1CCC(O)C(CN(C)CC2CCCN2C)C1. The minimum Gasteiger partial charge on any atom is -0.393 e. The number of nitrogens with zero attached hydrogens (tertiary/aromatic N) is 2. The highest BCUT2D eigenvalue weighted by molar-refractivity contribution is 4.83. The third kappa shape index (κ3) is 3.69. The molecule has 2 aliphatic rings. The predicted octanol–water partition coefficient (Wildman–Crippen LogP) is 1.81.